The number of imidazole rings is 1. The summed E-state index contributed by atoms with van der Waals surface area (Å²) in [6.45, 7) is 5.37. The summed E-state index contributed by atoms with van der Waals surface area (Å²) in [7, 11) is 1.98. The van der Waals surface area contributed by atoms with Crippen LogP contribution in [0.2, 0.25) is 0 Å². The number of benzene rings is 2. The standard InChI is InChI=1S/C27H26N8O2/c1-16-9-17(3-6-23(16)37-19-4-5-22-20(10-19)31-15-34(22)2)32-26-25-21(29-14-30-26)11-24-27(33-25)35-8-7-28-12-18(35)13-36-24/h3-6,9-11,14-15,18,28H,7-8,12-13H2,1-2H3,(H,29,30,32)/t18-/m0/s1. The van der Waals surface area contributed by atoms with Gasteiger partial charge in [0.15, 0.2) is 17.4 Å². The lowest BCUT2D eigenvalue weighted by molar-refractivity contribution is 0.245. The van der Waals surface area contributed by atoms with E-state index in [0.717, 1.165) is 70.5 Å². The fourth-order valence-electron chi connectivity index (χ4n) is 5.02. The zero-order chi connectivity index (χ0) is 24.9. The first-order valence-electron chi connectivity index (χ1n) is 12.3. The number of nitrogens with zero attached hydrogens (tertiary/aromatic N) is 6. The Kier molecular flexibility index (Phi) is 5.07. The third-order valence-corrected chi connectivity index (χ3v) is 6.97. The Morgan fingerprint density at radius 1 is 1.08 bits per heavy atom. The maximum atomic E-state index is 6.17. The van der Waals surface area contributed by atoms with Crippen molar-refractivity contribution in [3.63, 3.8) is 0 Å². The molecule has 0 amide bonds. The van der Waals surface area contributed by atoms with Crippen LogP contribution in [0.5, 0.6) is 17.2 Å². The van der Waals surface area contributed by atoms with Crippen LogP contribution in [-0.4, -0.2) is 56.8 Å². The van der Waals surface area contributed by atoms with Crippen molar-refractivity contribution < 1.29 is 9.47 Å². The summed E-state index contributed by atoms with van der Waals surface area (Å²) in [5, 5.41) is 6.86. The summed E-state index contributed by atoms with van der Waals surface area (Å²) >= 11 is 0. The van der Waals surface area contributed by atoms with E-state index in [1.807, 2.05) is 61.0 Å². The molecule has 0 spiro atoms. The van der Waals surface area contributed by atoms with Crippen LogP contribution in [0.3, 0.4) is 0 Å². The predicted molar refractivity (Wildman–Crippen MR) is 142 cm³/mol. The van der Waals surface area contributed by atoms with Gasteiger partial charge in [-0.2, -0.15) is 0 Å². The van der Waals surface area contributed by atoms with E-state index >= 15 is 0 Å². The Hall–Kier alpha value is -4.44. The molecule has 0 radical (unpaired) electrons. The molecule has 2 aliphatic heterocycles. The summed E-state index contributed by atoms with van der Waals surface area (Å²) in [5.74, 6) is 3.81. The number of fused-ring (bicyclic) bond motifs is 5. The van der Waals surface area contributed by atoms with Crippen molar-refractivity contribution in [3.8, 4) is 17.2 Å². The van der Waals surface area contributed by atoms with Crippen molar-refractivity contribution in [3.05, 3.63) is 60.7 Å². The summed E-state index contributed by atoms with van der Waals surface area (Å²) in [4.78, 5) is 20.7. The van der Waals surface area contributed by atoms with Gasteiger partial charge in [-0.05, 0) is 42.8 Å². The van der Waals surface area contributed by atoms with E-state index in [1.165, 1.54) is 0 Å². The molecule has 1 fully saturated rings. The van der Waals surface area contributed by atoms with Gasteiger partial charge in [-0.25, -0.2) is 19.9 Å². The number of rotatable bonds is 4. The summed E-state index contributed by atoms with van der Waals surface area (Å²) in [6, 6.07) is 14.1. The number of piperazine rings is 1. The van der Waals surface area contributed by atoms with Crippen molar-refractivity contribution >= 4 is 39.4 Å². The van der Waals surface area contributed by atoms with Gasteiger partial charge in [0.05, 0.1) is 28.9 Å². The fraction of sp³-hybridized carbons (Fsp3) is 0.259. The number of hydrogen-bond acceptors (Lipinski definition) is 9. The Labute approximate surface area is 213 Å². The van der Waals surface area contributed by atoms with Crippen molar-refractivity contribution in [1.29, 1.82) is 0 Å². The molecule has 37 heavy (non-hydrogen) atoms. The Balaban J connectivity index is 1.17. The first-order valence-corrected chi connectivity index (χ1v) is 12.3. The molecular weight excluding hydrogens is 468 g/mol. The topological polar surface area (TPSA) is 102 Å². The van der Waals surface area contributed by atoms with E-state index < -0.39 is 0 Å². The highest BCUT2D eigenvalue weighted by atomic mass is 16.5. The zero-order valence-corrected chi connectivity index (χ0v) is 20.6. The maximum absolute atomic E-state index is 6.17. The minimum absolute atomic E-state index is 0.279. The molecule has 10 heteroatoms. The smallest absolute Gasteiger partial charge is 0.172 e. The largest absolute Gasteiger partial charge is 0.487 e. The quantitative estimate of drug-likeness (QED) is 0.385. The van der Waals surface area contributed by atoms with E-state index in [0.29, 0.717) is 17.9 Å². The van der Waals surface area contributed by atoms with E-state index in [2.05, 4.69) is 30.5 Å². The van der Waals surface area contributed by atoms with Crippen LogP contribution < -0.4 is 25.0 Å². The Morgan fingerprint density at radius 3 is 2.95 bits per heavy atom. The molecule has 186 valence electrons. The molecule has 2 N–H and O–H groups in total. The summed E-state index contributed by atoms with van der Waals surface area (Å²) < 4.78 is 14.2. The second-order valence-corrected chi connectivity index (χ2v) is 9.48. The molecule has 5 aromatic rings. The fourth-order valence-corrected chi connectivity index (χ4v) is 5.02. The maximum Gasteiger partial charge on any atom is 0.172 e. The zero-order valence-electron chi connectivity index (χ0n) is 20.6. The van der Waals surface area contributed by atoms with Crippen molar-refractivity contribution in [2.45, 2.75) is 13.0 Å². The highest BCUT2D eigenvalue weighted by Crippen LogP contribution is 2.37. The SMILES string of the molecule is Cc1cc(Nc2ncnc3cc4c(nc23)N2CCNC[C@H]2CO4)ccc1Oc1ccc2c(c1)ncn2C. The van der Waals surface area contributed by atoms with E-state index in [4.69, 9.17) is 14.5 Å². The molecule has 0 aliphatic carbocycles. The lowest BCUT2D eigenvalue weighted by Gasteiger charge is -2.40. The number of pyridine rings is 1. The highest BCUT2D eigenvalue weighted by molar-refractivity contribution is 5.90. The van der Waals surface area contributed by atoms with Gasteiger partial charge in [-0.1, -0.05) is 0 Å². The lowest BCUT2D eigenvalue weighted by Crippen LogP contribution is -2.56. The van der Waals surface area contributed by atoms with Crippen LogP contribution in [0.1, 0.15) is 5.56 Å². The third-order valence-electron chi connectivity index (χ3n) is 6.97. The Morgan fingerprint density at radius 2 is 2.03 bits per heavy atom. The monoisotopic (exact) mass is 494 g/mol. The number of anilines is 3. The molecule has 5 heterocycles. The molecule has 0 saturated carbocycles. The van der Waals surface area contributed by atoms with Gasteiger partial charge in [0.2, 0.25) is 0 Å². The molecule has 1 saturated heterocycles. The number of aryl methyl sites for hydroxylation is 2. The second-order valence-electron chi connectivity index (χ2n) is 9.48. The molecule has 2 aliphatic rings. The average molecular weight is 495 g/mol. The molecule has 0 unspecified atom stereocenters. The molecule has 10 nitrogen and oxygen atoms in total. The van der Waals surface area contributed by atoms with Crippen molar-refractivity contribution in [2.24, 2.45) is 7.05 Å². The first-order chi connectivity index (χ1) is 18.1. The minimum Gasteiger partial charge on any atom is -0.487 e. The molecule has 7 rings (SSSR count). The van der Waals surface area contributed by atoms with Crippen LogP contribution in [-0.2, 0) is 7.05 Å². The number of hydrogen-bond donors (Lipinski definition) is 2. The van der Waals surface area contributed by atoms with Gasteiger partial charge < -0.3 is 29.6 Å². The van der Waals surface area contributed by atoms with Gasteiger partial charge in [-0.15, -0.1) is 0 Å². The van der Waals surface area contributed by atoms with Crippen molar-refractivity contribution in [1.82, 2.24) is 29.8 Å². The van der Waals surface area contributed by atoms with Crippen LogP contribution in [0.25, 0.3) is 22.1 Å². The number of ether oxygens (including phenoxy) is 2. The van der Waals surface area contributed by atoms with Crippen LogP contribution in [0.4, 0.5) is 17.3 Å². The second kappa shape index (κ2) is 8.59. The van der Waals surface area contributed by atoms with Crippen LogP contribution >= 0.6 is 0 Å². The average Bonchev–Trinajstić information content (AvgIpc) is 3.29. The van der Waals surface area contributed by atoms with Crippen molar-refractivity contribution in [2.75, 3.05) is 36.5 Å². The predicted octanol–water partition coefficient (Wildman–Crippen LogP) is 3.93. The minimum atomic E-state index is 0.279. The number of aromatic nitrogens is 5. The molecule has 0 bridgehead atoms. The summed E-state index contributed by atoms with van der Waals surface area (Å²) in [6.07, 6.45) is 3.35. The molecular formula is C27H26N8O2. The Bertz CT molecular complexity index is 1650. The van der Waals surface area contributed by atoms with Gasteiger partial charge in [0, 0.05) is 44.5 Å². The van der Waals surface area contributed by atoms with Crippen LogP contribution in [0, 0.1) is 6.92 Å². The van der Waals surface area contributed by atoms with E-state index in [1.54, 1.807) is 12.7 Å². The highest BCUT2D eigenvalue weighted by Gasteiger charge is 2.31. The van der Waals surface area contributed by atoms with E-state index in [9.17, 15) is 0 Å². The third kappa shape index (κ3) is 3.86. The normalized spacial score (nSPS) is 16.8. The van der Waals surface area contributed by atoms with Gasteiger partial charge >= 0.3 is 0 Å². The van der Waals surface area contributed by atoms with Crippen LogP contribution in [0.15, 0.2) is 55.1 Å². The number of nitrogens with one attached hydrogen (secondary N) is 2. The van der Waals surface area contributed by atoms with Gasteiger partial charge in [0.25, 0.3) is 0 Å². The van der Waals surface area contributed by atoms with E-state index in [-0.39, 0.29) is 6.04 Å². The lowest BCUT2D eigenvalue weighted by atomic mass is 10.1. The molecule has 2 aromatic carbocycles. The molecule has 3 aromatic heterocycles. The van der Waals surface area contributed by atoms with Gasteiger partial charge in [-0.3, -0.25) is 0 Å². The van der Waals surface area contributed by atoms with Gasteiger partial charge in [0.1, 0.15) is 29.9 Å². The summed E-state index contributed by atoms with van der Waals surface area (Å²) in [5.41, 5.74) is 5.30. The molecule has 1 atom stereocenters. The first kappa shape index (κ1) is 21.8.